The van der Waals surface area contributed by atoms with Crippen molar-refractivity contribution in [1.82, 2.24) is 0 Å². The van der Waals surface area contributed by atoms with Crippen molar-refractivity contribution >= 4 is 15.9 Å². The summed E-state index contributed by atoms with van der Waals surface area (Å²) >= 11 is 3.45. The van der Waals surface area contributed by atoms with Crippen molar-refractivity contribution in [3.63, 3.8) is 0 Å². The molecule has 0 amide bonds. The predicted molar refractivity (Wildman–Crippen MR) is 69.9 cm³/mol. The molecule has 2 nitrogen and oxygen atoms in total. The molecule has 0 radical (unpaired) electrons. The summed E-state index contributed by atoms with van der Waals surface area (Å²) in [5.41, 5.74) is 6.37. The fourth-order valence-corrected chi connectivity index (χ4v) is 3.51. The van der Waals surface area contributed by atoms with Gasteiger partial charge in [0, 0.05) is 22.0 Å². The van der Waals surface area contributed by atoms with E-state index in [1.54, 1.807) is 6.07 Å². The van der Waals surface area contributed by atoms with E-state index in [2.05, 4.69) is 15.9 Å². The van der Waals surface area contributed by atoms with Crippen LogP contribution in [-0.4, -0.2) is 13.7 Å². The van der Waals surface area contributed by atoms with Gasteiger partial charge in [-0.3, -0.25) is 0 Å². The highest BCUT2D eigenvalue weighted by atomic mass is 79.9. The first-order valence-electron chi connectivity index (χ1n) is 5.87. The Balaban J connectivity index is 2.56. The lowest BCUT2D eigenvalue weighted by Gasteiger charge is -2.29. The summed E-state index contributed by atoms with van der Waals surface area (Å²) in [4.78, 5) is 0. The van der Waals surface area contributed by atoms with E-state index in [1.165, 1.54) is 7.11 Å². The Morgan fingerprint density at radius 2 is 2.06 bits per heavy atom. The molecule has 17 heavy (non-hydrogen) atoms. The van der Waals surface area contributed by atoms with Gasteiger partial charge in [-0.15, -0.1) is 0 Å². The number of ether oxygens (including phenoxy) is 1. The Labute approximate surface area is 109 Å². The summed E-state index contributed by atoms with van der Waals surface area (Å²) in [5.74, 6) is 0.0251. The molecule has 1 aromatic rings. The van der Waals surface area contributed by atoms with Crippen LogP contribution >= 0.6 is 15.9 Å². The second-order valence-electron chi connectivity index (χ2n) is 4.63. The maximum atomic E-state index is 14.4. The fourth-order valence-electron chi connectivity index (χ4n) is 2.79. The molecule has 0 saturated heterocycles. The largest absolute Gasteiger partial charge is 0.494 e. The lowest BCUT2D eigenvalue weighted by atomic mass is 9.78. The van der Waals surface area contributed by atoms with E-state index in [-0.39, 0.29) is 11.2 Å². The van der Waals surface area contributed by atoms with E-state index in [9.17, 15) is 4.39 Å². The molecule has 0 heterocycles. The van der Waals surface area contributed by atoms with Gasteiger partial charge in [0.2, 0.25) is 0 Å². The Bertz CT molecular complexity index is 416. The Hall–Kier alpha value is -0.610. The first-order valence-corrected chi connectivity index (χ1v) is 6.66. The van der Waals surface area contributed by atoms with Crippen LogP contribution in [0.5, 0.6) is 5.75 Å². The van der Waals surface area contributed by atoms with Gasteiger partial charge in [0.1, 0.15) is 0 Å². The molecule has 1 aromatic carbocycles. The zero-order valence-electron chi connectivity index (χ0n) is 9.93. The van der Waals surface area contributed by atoms with Crippen LogP contribution in [0.2, 0.25) is 0 Å². The van der Waals surface area contributed by atoms with Gasteiger partial charge in [-0.2, -0.15) is 0 Å². The number of hydrogen-bond acceptors (Lipinski definition) is 2. The Morgan fingerprint density at radius 1 is 1.41 bits per heavy atom. The standard InChI is InChI=1S/C13H17BrFNO/c1-17-10-5-4-9(14)11(12(10)15)13(8-16)6-2-3-7-13/h4-5H,2-3,6-8,16H2,1H3. The molecule has 0 unspecified atom stereocenters. The smallest absolute Gasteiger partial charge is 0.169 e. The average Bonchev–Trinajstić information content (AvgIpc) is 2.79. The summed E-state index contributed by atoms with van der Waals surface area (Å²) in [5, 5.41) is 0. The van der Waals surface area contributed by atoms with Gasteiger partial charge in [0.25, 0.3) is 0 Å². The molecule has 1 saturated carbocycles. The van der Waals surface area contributed by atoms with Gasteiger partial charge in [-0.25, -0.2) is 4.39 Å². The molecule has 4 heteroatoms. The van der Waals surface area contributed by atoms with E-state index < -0.39 is 0 Å². The third-order valence-corrected chi connectivity index (χ3v) is 4.42. The highest BCUT2D eigenvalue weighted by molar-refractivity contribution is 9.10. The Morgan fingerprint density at radius 3 is 2.59 bits per heavy atom. The lowest BCUT2D eigenvalue weighted by molar-refractivity contribution is 0.366. The van der Waals surface area contributed by atoms with Crippen molar-refractivity contribution in [3.8, 4) is 5.75 Å². The molecular weight excluding hydrogens is 285 g/mol. The number of benzene rings is 1. The molecule has 2 N–H and O–H groups in total. The van der Waals surface area contributed by atoms with E-state index in [0.717, 1.165) is 30.2 Å². The topological polar surface area (TPSA) is 35.2 Å². The van der Waals surface area contributed by atoms with E-state index in [4.69, 9.17) is 10.5 Å². The second-order valence-corrected chi connectivity index (χ2v) is 5.48. The lowest BCUT2D eigenvalue weighted by Crippen LogP contribution is -2.33. The van der Waals surface area contributed by atoms with E-state index >= 15 is 0 Å². The summed E-state index contributed by atoms with van der Waals surface area (Å²) in [7, 11) is 1.49. The van der Waals surface area contributed by atoms with Crippen molar-refractivity contribution < 1.29 is 9.13 Å². The maximum absolute atomic E-state index is 14.4. The molecule has 0 spiro atoms. The minimum atomic E-state index is -0.269. The highest BCUT2D eigenvalue weighted by Gasteiger charge is 2.38. The van der Waals surface area contributed by atoms with Gasteiger partial charge in [0.05, 0.1) is 7.11 Å². The number of hydrogen-bond donors (Lipinski definition) is 1. The molecule has 1 aliphatic carbocycles. The zero-order valence-corrected chi connectivity index (χ0v) is 11.5. The normalized spacial score (nSPS) is 18.4. The summed E-state index contributed by atoms with van der Waals surface area (Å²) < 4.78 is 20.3. The predicted octanol–water partition coefficient (Wildman–Crippen LogP) is 3.37. The molecule has 0 aliphatic heterocycles. The van der Waals surface area contributed by atoms with E-state index in [1.807, 2.05) is 6.07 Å². The van der Waals surface area contributed by atoms with Crippen molar-refractivity contribution in [1.29, 1.82) is 0 Å². The van der Waals surface area contributed by atoms with Gasteiger partial charge in [0.15, 0.2) is 11.6 Å². The van der Waals surface area contributed by atoms with Crippen LogP contribution in [-0.2, 0) is 5.41 Å². The second kappa shape index (κ2) is 4.94. The van der Waals surface area contributed by atoms with Gasteiger partial charge in [-0.1, -0.05) is 28.8 Å². The van der Waals surface area contributed by atoms with Crippen LogP contribution in [0.25, 0.3) is 0 Å². The van der Waals surface area contributed by atoms with Crippen molar-refractivity contribution in [2.45, 2.75) is 31.1 Å². The number of halogens is 2. The maximum Gasteiger partial charge on any atom is 0.169 e. The van der Waals surface area contributed by atoms with Crippen molar-refractivity contribution in [2.24, 2.45) is 5.73 Å². The highest BCUT2D eigenvalue weighted by Crippen LogP contribution is 2.45. The van der Waals surface area contributed by atoms with E-state index in [0.29, 0.717) is 17.9 Å². The van der Waals surface area contributed by atoms with Crippen molar-refractivity contribution in [2.75, 3.05) is 13.7 Å². The van der Waals surface area contributed by atoms with Gasteiger partial charge in [-0.05, 0) is 25.0 Å². The molecule has 94 valence electrons. The molecule has 1 fully saturated rings. The monoisotopic (exact) mass is 301 g/mol. The average molecular weight is 302 g/mol. The van der Waals surface area contributed by atoms with Crippen molar-refractivity contribution in [3.05, 3.63) is 28.0 Å². The van der Waals surface area contributed by atoms with Gasteiger partial charge < -0.3 is 10.5 Å². The molecule has 0 aromatic heterocycles. The summed E-state index contributed by atoms with van der Waals surface area (Å²) in [6, 6.07) is 3.48. The molecule has 0 bridgehead atoms. The summed E-state index contributed by atoms with van der Waals surface area (Å²) in [6.07, 6.45) is 4.12. The van der Waals surface area contributed by atoms with Gasteiger partial charge >= 0.3 is 0 Å². The van der Waals surface area contributed by atoms with Crippen LogP contribution < -0.4 is 10.5 Å². The third kappa shape index (κ3) is 2.08. The third-order valence-electron chi connectivity index (χ3n) is 3.76. The first-order chi connectivity index (χ1) is 8.14. The Kier molecular flexibility index (Phi) is 3.73. The quantitative estimate of drug-likeness (QED) is 0.929. The van der Waals surface area contributed by atoms with Crippen LogP contribution in [0.3, 0.4) is 0 Å². The van der Waals surface area contributed by atoms with Crippen LogP contribution in [0.1, 0.15) is 31.2 Å². The SMILES string of the molecule is COc1ccc(Br)c(C2(CN)CCCC2)c1F. The molecule has 1 aliphatic rings. The van der Waals surface area contributed by atoms with Crippen LogP contribution in [0, 0.1) is 5.82 Å². The minimum Gasteiger partial charge on any atom is -0.494 e. The number of methoxy groups -OCH3 is 1. The molecular formula is C13H17BrFNO. The molecule has 2 rings (SSSR count). The summed E-state index contributed by atoms with van der Waals surface area (Å²) in [6.45, 7) is 0.482. The number of rotatable bonds is 3. The zero-order chi connectivity index (χ0) is 12.5. The first kappa shape index (κ1) is 12.8. The fraction of sp³-hybridized carbons (Fsp3) is 0.538. The molecule has 0 atom stereocenters. The number of nitrogens with two attached hydrogens (primary N) is 1. The van der Waals surface area contributed by atoms with Crippen LogP contribution in [0.15, 0.2) is 16.6 Å². The minimum absolute atomic E-state index is 0.225. The van der Waals surface area contributed by atoms with Crippen LogP contribution in [0.4, 0.5) is 4.39 Å².